The van der Waals surface area contributed by atoms with Crippen molar-refractivity contribution in [2.75, 3.05) is 19.7 Å². The van der Waals surface area contributed by atoms with E-state index in [1.54, 1.807) is 0 Å². The molecule has 0 bridgehead atoms. The van der Waals surface area contributed by atoms with Crippen molar-refractivity contribution in [3.63, 3.8) is 0 Å². The standard InChI is InChI=1S/C15H21NO2/c1-11-3-5-14(6-4-11)15(18)12(2)16-8-7-13(9-16)10-17/h3-6,12-13,17H,7-10H2,1-2H3. The number of ketones is 1. The Balaban J connectivity index is 2.03. The van der Waals surface area contributed by atoms with Crippen LogP contribution in [-0.2, 0) is 0 Å². The Bertz CT molecular complexity index is 413. The summed E-state index contributed by atoms with van der Waals surface area (Å²) in [5.41, 5.74) is 1.95. The normalized spacial score (nSPS) is 22.1. The second kappa shape index (κ2) is 5.63. The van der Waals surface area contributed by atoms with Gasteiger partial charge in [-0.15, -0.1) is 0 Å². The highest BCUT2D eigenvalue weighted by Crippen LogP contribution is 2.20. The molecule has 1 aliphatic rings. The van der Waals surface area contributed by atoms with E-state index < -0.39 is 0 Å². The van der Waals surface area contributed by atoms with Gasteiger partial charge in [-0.3, -0.25) is 9.69 Å². The van der Waals surface area contributed by atoms with Crippen molar-refractivity contribution in [2.45, 2.75) is 26.3 Å². The summed E-state index contributed by atoms with van der Waals surface area (Å²) in [7, 11) is 0. The van der Waals surface area contributed by atoms with Crippen LogP contribution in [0.1, 0.15) is 29.3 Å². The van der Waals surface area contributed by atoms with Crippen LogP contribution in [0.2, 0.25) is 0 Å². The maximum atomic E-state index is 12.3. The molecule has 2 atom stereocenters. The van der Waals surface area contributed by atoms with E-state index in [1.165, 1.54) is 5.56 Å². The molecule has 1 heterocycles. The first kappa shape index (κ1) is 13.2. The highest BCUT2D eigenvalue weighted by molar-refractivity contribution is 5.99. The molecule has 1 N–H and O–H groups in total. The van der Waals surface area contributed by atoms with E-state index in [1.807, 2.05) is 38.1 Å². The summed E-state index contributed by atoms with van der Waals surface area (Å²) >= 11 is 0. The first-order valence-electron chi connectivity index (χ1n) is 6.57. The number of nitrogens with zero attached hydrogens (tertiary/aromatic N) is 1. The predicted molar refractivity (Wildman–Crippen MR) is 71.7 cm³/mol. The van der Waals surface area contributed by atoms with Crippen LogP contribution in [0.3, 0.4) is 0 Å². The molecule has 98 valence electrons. The van der Waals surface area contributed by atoms with Crippen LogP contribution < -0.4 is 0 Å². The van der Waals surface area contributed by atoms with Gasteiger partial charge in [0.2, 0.25) is 0 Å². The fraction of sp³-hybridized carbons (Fsp3) is 0.533. The fourth-order valence-electron chi connectivity index (χ4n) is 2.49. The van der Waals surface area contributed by atoms with Gasteiger partial charge in [-0.1, -0.05) is 29.8 Å². The van der Waals surface area contributed by atoms with Gasteiger partial charge in [0.05, 0.1) is 6.04 Å². The lowest BCUT2D eigenvalue weighted by Gasteiger charge is -2.23. The highest BCUT2D eigenvalue weighted by atomic mass is 16.3. The molecule has 3 heteroatoms. The average molecular weight is 247 g/mol. The molecule has 1 saturated heterocycles. The number of likely N-dealkylation sites (tertiary alicyclic amines) is 1. The van der Waals surface area contributed by atoms with Crippen LogP contribution >= 0.6 is 0 Å². The van der Waals surface area contributed by atoms with Gasteiger partial charge in [0.25, 0.3) is 0 Å². The molecule has 1 aliphatic heterocycles. The third-order valence-electron chi connectivity index (χ3n) is 3.84. The number of Topliss-reactive ketones (excluding diaryl/α,β-unsaturated/α-hetero) is 1. The molecule has 0 spiro atoms. The Labute approximate surface area is 108 Å². The van der Waals surface area contributed by atoms with Crippen molar-refractivity contribution < 1.29 is 9.90 Å². The maximum absolute atomic E-state index is 12.3. The number of carbonyl (C=O) groups excluding carboxylic acids is 1. The summed E-state index contributed by atoms with van der Waals surface area (Å²) in [6, 6.07) is 7.65. The maximum Gasteiger partial charge on any atom is 0.179 e. The first-order chi connectivity index (χ1) is 8.61. The number of aryl methyl sites for hydroxylation is 1. The molecule has 0 amide bonds. The summed E-state index contributed by atoms with van der Waals surface area (Å²) in [6.45, 7) is 5.94. The summed E-state index contributed by atoms with van der Waals surface area (Å²) in [5.74, 6) is 0.506. The Hall–Kier alpha value is -1.19. The number of rotatable bonds is 4. The Morgan fingerprint density at radius 3 is 2.67 bits per heavy atom. The van der Waals surface area contributed by atoms with E-state index in [2.05, 4.69) is 4.90 Å². The molecule has 0 aromatic heterocycles. The number of hydrogen-bond acceptors (Lipinski definition) is 3. The van der Waals surface area contributed by atoms with Crippen LogP contribution in [0.25, 0.3) is 0 Å². The van der Waals surface area contributed by atoms with Crippen molar-refractivity contribution in [2.24, 2.45) is 5.92 Å². The molecule has 2 rings (SSSR count). The zero-order chi connectivity index (χ0) is 13.1. The fourth-order valence-corrected chi connectivity index (χ4v) is 2.49. The molecule has 0 aliphatic carbocycles. The molecule has 0 radical (unpaired) electrons. The van der Waals surface area contributed by atoms with Gasteiger partial charge >= 0.3 is 0 Å². The Morgan fingerprint density at radius 1 is 1.44 bits per heavy atom. The van der Waals surface area contributed by atoms with Gasteiger partial charge in [-0.05, 0) is 32.7 Å². The topological polar surface area (TPSA) is 40.5 Å². The number of aliphatic hydroxyl groups is 1. The second-order valence-corrected chi connectivity index (χ2v) is 5.24. The predicted octanol–water partition coefficient (Wildman–Crippen LogP) is 1.88. The summed E-state index contributed by atoms with van der Waals surface area (Å²) < 4.78 is 0. The van der Waals surface area contributed by atoms with Crippen LogP contribution in [0, 0.1) is 12.8 Å². The quantitative estimate of drug-likeness (QED) is 0.826. The third kappa shape index (κ3) is 2.79. The minimum atomic E-state index is -0.0933. The number of carbonyl (C=O) groups is 1. The molecule has 1 fully saturated rings. The van der Waals surface area contributed by atoms with Gasteiger partial charge in [0.1, 0.15) is 0 Å². The van der Waals surface area contributed by atoms with Crippen LogP contribution in [0.4, 0.5) is 0 Å². The van der Waals surface area contributed by atoms with Crippen molar-refractivity contribution in [3.8, 4) is 0 Å². The minimum absolute atomic E-state index is 0.0933. The first-order valence-corrected chi connectivity index (χ1v) is 6.57. The molecule has 2 unspecified atom stereocenters. The van der Waals surface area contributed by atoms with Gasteiger partial charge in [-0.2, -0.15) is 0 Å². The van der Waals surface area contributed by atoms with Gasteiger partial charge in [0, 0.05) is 18.7 Å². The molecular formula is C15H21NO2. The molecule has 18 heavy (non-hydrogen) atoms. The third-order valence-corrected chi connectivity index (χ3v) is 3.84. The zero-order valence-corrected chi connectivity index (χ0v) is 11.1. The van der Waals surface area contributed by atoms with Crippen molar-refractivity contribution >= 4 is 5.78 Å². The van der Waals surface area contributed by atoms with E-state index in [-0.39, 0.29) is 18.4 Å². The lowest BCUT2D eigenvalue weighted by atomic mass is 10.0. The summed E-state index contributed by atoms with van der Waals surface area (Å²) in [4.78, 5) is 14.5. The average Bonchev–Trinajstić information content (AvgIpc) is 2.86. The Morgan fingerprint density at radius 2 is 2.11 bits per heavy atom. The Kier molecular flexibility index (Phi) is 4.15. The number of hydrogen-bond donors (Lipinski definition) is 1. The van der Waals surface area contributed by atoms with E-state index >= 15 is 0 Å². The van der Waals surface area contributed by atoms with E-state index in [9.17, 15) is 4.79 Å². The molecular weight excluding hydrogens is 226 g/mol. The van der Waals surface area contributed by atoms with E-state index in [0.717, 1.165) is 25.1 Å². The van der Waals surface area contributed by atoms with Crippen molar-refractivity contribution in [1.82, 2.24) is 4.90 Å². The smallest absolute Gasteiger partial charge is 0.179 e. The van der Waals surface area contributed by atoms with Gasteiger partial charge < -0.3 is 5.11 Å². The van der Waals surface area contributed by atoms with Gasteiger partial charge in [-0.25, -0.2) is 0 Å². The minimum Gasteiger partial charge on any atom is -0.396 e. The van der Waals surface area contributed by atoms with Gasteiger partial charge in [0.15, 0.2) is 5.78 Å². The molecule has 0 saturated carbocycles. The van der Waals surface area contributed by atoms with Crippen molar-refractivity contribution in [1.29, 1.82) is 0 Å². The van der Waals surface area contributed by atoms with Crippen molar-refractivity contribution in [3.05, 3.63) is 35.4 Å². The molecule has 3 nitrogen and oxygen atoms in total. The van der Waals surface area contributed by atoms with E-state index in [4.69, 9.17) is 5.11 Å². The molecule has 1 aromatic rings. The zero-order valence-electron chi connectivity index (χ0n) is 11.1. The monoisotopic (exact) mass is 247 g/mol. The number of benzene rings is 1. The summed E-state index contributed by atoms with van der Waals surface area (Å²) in [5, 5.41) is 9.14. The largest absolute Gasteiger partial charge is 0.396 e. The lowest BCUT2D eigenvalue weighted by molar-refractivity contribution is 0.0858. The molecule has 1 aromatic carbocycles. The van der Waals surface area contributed by atoms with Crippen LogP contribution in [0.15, 0.2) is 24.3 Å². The second-order valence-electron chi connectivity index (χ2n) is 5.24. The summed E-state index contributed by atoms with van der Waals surface area (Å²) in [6.07, 6.45) is 0.988. The van der Waals surface area contributed by atoms with E-state index in [0.29, 0.717) is 5.92 Å². The van der Waals surface area contributed by atoms with Crippen LogP contribution in [-0.4, -0.2) is 41.5 Å². The lowest BCUT2D eigenvalue weighted by Crippen LogP contribution is -2.37. The number of aliphatic hydroxyl groups excluding tert-OH is 1. The van der Waals surface area contributed by atoms with Crippen LogP contribution in [0.5, 0.6) is 0 Å². The SMILES string of the molecule is Cc1ccc(C(=O)C(C)N2CCC(CO)C2)cc1. The highest BCUT2D eigenvalue weighted by Gasteiger charge is 2.29.